The average molecular weight is 348 g/mol. The second-order valence-corrected chi connectivity index (χ2v) is 6.25. The summed E-state index contributed by atoms with van der Waals surface area (Å²) in [6, 6.07) is 5.75. The Balaban J connectivity index is 1.58. The fraction of sp³-hybridized carbons (Fsp3) is 0.312. The third kappa shape index (κ3) is 3.89. The molecule has 3 rings (SSSR count). The first kappa shape index (κ1) is 16.0. The molecule has 1 aliphatic rings. The minimum absolute atomic E-state index is 0.733. The van der Waals surface area contributed by atoms with Crippen LogP contribution in [0, 0.1) is 6.92 Å². The van der Waals surface area contributed by atoms with Crippen LogP contribution >= 0.6 is 23.8 Å². The largest absolute Gasteiger partial charge is 0.352 e. The number of aromatic nitrogens is 2. The van der Waals surface area contributed by atoms with Gasteiger partial charge in [-0.05, 0) is 42.9 Å². The minimum atomic E-state index is 0.733. The fourth-order valence-electron chi connectivity index (χ4n) is 2.55. The Morgan fingerprint density at radius 3 is 2.65 bits per heavy atom. The summed E-state index contributed by atoms with van der Waals surface area (Å²) in [6.45, 7) is 5.48. The van der Waals surface area contributed by atoms with Crippen LogP contribution in [0.4, 0.5) is 11.5 Å². The quantitative estimate of drug-likeness (QED) is 0.843. The molecule has 120 valence electrons. The molecule has 7 heteroatoms. The second-order valence-electron chi connectivity index (χ2n) is 5.43. The van der Waals surface area contributed by atoms with Crippen molar-refractivity contribution in [3.05, 3.63) is 47.4 Å². The van der Waals surface area contributed by atoms with Crippen LogP contribution in [0.25, 0.3) is 0 Å². The van der Waals surface area contributed by atoms with Gasteiger partial charge in [0.2, 0.25) is 0 Å². The molecule has 0 spiro atoms. The first-order chi connectivity index (χ1) is 11.1. The molecular weight excluding hydrogens is 330 g/mol. The molecule has 1 aromatic heterocycles. The Morgan fingerprint density at radius 2 is 2.00 bits per heavy atom. The third-order valence-electron chi connectivity index (χ3n) is 3.87. The van der Waals surface area contributed by atoms with Crippen LogP contribution in [0.5, 0.6) is 0 Å². The molecule has 0 amide bonds. The number of halogens is 1. The molecule has 2 heterocycles. The molecule has 1 aromatic carbocycles. The highest BCUT2D eigenvalue weighted by Gasteiger charge is 2.20. The highest BCUT2D eigenvalue weighted by molar-refractivity contribution is 7.80. The first-order valence-electron chi connectivity index (χ1n) is 7.46. The smallest absolute Gasteiger partial charge is 0.173 e. The van der Waals surface area contributed by atoms with Crippen molar-refractivity contribution in [1.29, 1.82) is 0 Å². The van der Waals surface area contributed by atoms with Crippen LogP contribution in [-0.2, 0) is 0 Å². The fourth-order valence-corrected chi connectivity index (χ4v) is 3.07. The number of aryl methyl sites for hydroxylation is 1. The average Bonchev–Trinajstić information content (AvgIpc) is 2.58. The van der Waals surface area contributed by atoms with Crippen molar-refractivity contribution in [2.75, 3.05) is 36.4 Å². The summed E-state index contributed by atoms with van der Waals surface area (Å²) in [5.41, 5.74) is 2.08. The molecule has 23 heavy (non-hydrogen) atoms. The molecule has 0 bridgehead atoms. The predicted octanol–water partition coefficient (Wildman–Crippen LogP) is 2.96. The number of nitrogens with one attached hydrogen (secondary N) is 1. The first-order valence-corrected chi connectivity index (χ1v) is 8.25. The Bertz CT molecular complexity index is 686. The van der Waals surface area contributed by atoms with E-state index in [0.29, 0.717) is 0 Å². The molecular formula is C16H18ClN5S. The molecule has 1 N–H and O–H groups in total. The molecule has 0 aliphatic carbocycles. The van der Waals surface area contributed by atoms with Crippen LogP contribution in [0.15, 0.2) is 36.8 Å². The third-order valence-corrected chi connectivity index (χ3v) is 4.47. The summed E-state index contributed by atoms with van der Waals surface area (Å²) >= 11 is 11.5. The number of nitrogens with zero attached hydrogens (tertiary/aromatic N) is 4. The lowest BCUT2D eigenvalue weighted by molar-refractivity contribution is 0.389. The lowest BCUT2D eigenvalue weighted by Gasteiger charge is -2.36. The van der Waals surface area contributed by atoms with Gasteiger partial charge in [-0.1, -0.05) is 11.6 Å². The molecule has 1 saturated heterocycles. The van der Waals surface area contributed by atoms with Crippen molar-refractivity contribution in [2.45, 2.75) is 6.92 Å². The second kappa shape index (κ2) is 7.10. The molecule has 2 aromatic rings. The standard InChI is InChI=1S/C16H18ClN5S/c1-12-10-13(17)2-3-14(12)20-16(23)22-8-6-21(7-9-22)15-11-18-4-5-19-15/h2-5,10-11H,6-9H2,1H3,(H,20,23). The van der Waals surface area contributed by atoms with E-state index >= 15 is 0 Å². The topological polar surface area (TPSA) is 44.3 Å². The van der Waals surface area contributed by atoms with Crippen molar-refractivity contribution >= 4 is 40.4 Å². The van der Waals surface area contributed by atoms with Gasteiger partial charge in [0.25, 0.3) is 0 Å². The van der Waals surface area contributed by atoms with Gasteiger partial charge < -0.3 is 15.1 Å². The summed E-state index contributed by atoms with van der Waals surface area (Å²) in [7, 11) is 0. The van der Waals surface area contributed by atoms with Gasteiger partial charge in [0.1, 0.15) is 5.82 Å². The maximum atomic E-state index is 5.99. The summed E-state index contributed by atoms with van der Waals surface area (Å²) in [5.74, 6) is 0.916. The van der Waals surface area contributed by atoms with E-state index in [1.54, 1.807) is 18.6 Å². The van der Waals surface area contributed by atoms with Crippen molar-refractivity contribution in [2.24, 2.45) is 0 Å². The van der Waals surface area contributed by atoms with E-state index in [1.807, 2.05) is 25.1 Å². The molecule has 5 nitrogen and oxygen atoms in total. The Morgan fingerprint density at radius 1 is 1.22 bits per heavy atom. The van der Waals surface area contributed by atoms with Gasteiger partial charge >= 0.3 is 0 Å². The minimum Gasteiger partial charge on any atom is -0.352 e. The zero-order valence-electron chi connectivity index (χ0n) is 12.9. The lowest BCUT2D eigenvalue weighted by Crippen LogP contribution is -2.50. The van der Waals surface area contributed by atoms with Crippen LogP contribution in [0.2, 0.25) is 5.02 Å². The van der Waals surface area contributed by atoms with Crippen LogP contribution < -0.4 is 10.2 Å². The molecule has 0 radical (unpaired) electrons. The van der Waals surface area contributed by atoms with Gasteiger partial charge in [0.05, 0.1) is 6.20 Å². The van der Waals surface area contributed by atoms with Crippen molar-refractivity contribution in [3.8, 4) is 0 Å². The molecule has 0 saturated carbocycles. The number of anilines is 2. The monoisotopic (exact) mass is 347 g/mol. The van der Waals surface area contributed by atoms with Gasteiger partial charge in [0, 0.05) is 49.3 Å². The Labute approximate surface area is 146 Å². The van der Waals surface area contributed by atoms with E-state index in [0.717, 1.165) is 53.4 Å². The van der Waals surface area contributed by atoms with Gasteiger partial charge in [-0.25, -0.2) is 4.98 Å². The molecule has 1 aliphatic heterocycles. The zero-order valence-corrected chi connectivity index (χ0v) is 14.4. The SMILES string of the molecule is Cc1cc(Cl)ccc1NC(=S)N1CCN(c2cnccn2)CC1. The summed E-state index contributed by atoms with van der Waals surface area (Å²) in [4.78, 5) is 12.9. The maximum absolute atomic E-state index is 5.99. The van der Waals surface area contributed by atoms with E-state index in [1.165, 1.54) is 0 Å². The van der Waals surface area contributed by atoms with Gasteiger partial charge in [0.15, 0.2) is 5.11 Å². The van der Waals surface area contributed by atoms with Crippen molar-refractivity contribution in [1.82, 2.24) is 14.9 Å². The highest BCUT2D eigenvalue weighted by Crippen LogP contribution is 2.20. The molecule has 1 fully saturated rings. The maximum Gasteiger partial charge on any atom is 0.173 e. The van der Waals surface area contributed by atoms with E-state index in [-0.39, 0.29) is 0 Å². The van der Waals surface area contributed by atoms with E-state index in [2.05, 4.69) is 25.1 Å². The normalized spacial score (nSPS) is 14.7. The number of hydrogen-bond donors (Lipinski definition) is 1. The predicted molar refractivity (Wildman–Crippen MR) is 98.2 cm³/mol. The van der Waals surface area contributed by atoms with Gasteiger partial charge in [-0.2, -0.15) is 0 Å². The van der Waals surface area contributed by atoms with E-state index < -0.39 is 0 Å². The highest BCUT2D eigenvalue weighted by atomic mass is 35.5. The Kier molecular flexibility index (Phi) is 4.93. The van der Waals surface area contributed by atoms with Gasteiger partial charge in [-0.3, -0.25) is 4.98 Å². The Hall–Kier alpha value is -1.92. The number of rotatable bonds is 2. The number of hydrogen-bond acceptors (Lipinski definition) is 4. The summed E-state index contributed by atoms with van der Waals surface area (Å²) in [6.07, 6.45) is 5.20. The number of benzene rings is 1. The van der Waals surface area contributed by atoms with E-state index in [4.69, 9.17) is 23.8 Å². The molecule has 0 atom stereocenters. The van der Waals surface area contributed by atoms with Crippen LogP contribution in [-0.4, -0.2) is 46.2 Å². The van der Waals surface area contributed by atoms with Gasteiger partial charge in [-0.15, -0.1) is 0 Å². The number of piperazine rings is 1. The van der Waals surface area contributed by atoms with Crippen molar-refractivity contribution < 1.29 is 0 Å². The molecule has 0 unspecified atom stereocenters. The van der Waals surface area contributed by atoms with Crippen molar-refractivity contribution in [3.63, 3.8) is 0 Å². The lowest BCUT2D eigenvalue weighted by atomic mass is 10.2. The van der Waals surface area contributed by atoms with Crippen LogP contribution in [0.3, 0.4) is 0 Å². The van der Waals surface area contributed by atoms with Crippen LogP contribution in [0.1, 0.15) is 5.56 Å². The zero-order chi connectivity index (χ0) is 16.2. The summed E-state index contributed by atoms with van der Waals surface area (Å²) in [5, 5.41) is 4.79. The summed E-state index contributed by atoms with van der Waals surface area (Å²) < 4.78 is 0. The number of thiocarbonyl (C=S) groups is 1. The van der Waals surface area contributed by atoms with E-state index in [9.17, 15) is 0 Å².